The van der Waals surface area contributed by atoms with Gasteiger partial charge in [-0.2, -0.15) is 0 Å². The number of aromatic nitrogens is 2. The lowest BCUT2D eigenvalue weighted by Crippen LogP contribution is -2.36. The molecule has 128 valence electrons. The van der Waals surface area contributed by atoms with E-state index in [1.54, 1.807) is 16.2 Å². The lowest BCUT2D eigenvalue weighted by Gasteiger charge is -2.26. The highest BCUT2D eigenvalue weighted by molar-refractivity contribution is 7.18. The van der Waals surface area contributed by atoms with Crippen molar-refractivity contribution in [3.63, 3.8) is 0 Å². The summed E-state index contributed by atoms with van der Waals surface area (Å²) in [5.41, 5.74) is 0.970. The highest BCUT2D eigenvalue weighted by Crippen LogP contribution is 2.22. The van der Waals surface area contributed by atoms with E-state index in [-0.39, 0.29) is 18.0 Å². The van der Waals surface area contributed by atoms with Crippen LogP contribution in [-0.2, 0) is 17.8 Å². The molecule has 3 rings (SSSR count). The lowest BCUT2D eigenvalue weighted by atomic mass is 10.0. The molecule has 0 fully saturated rings. The van der Waals surface area contributed by atoms with Gasteiger partial charge >= 0.3 is 0 Å². The van der Waals surface area contributed by atoms with Crippen LogP contribution in [0.15, 0.2) is 29.0 Å². The van der Waals surface area contributed by atoms with Crippen LogP contribution in [0, 0.1) is 0 Å². The van der Waals surface area contributed by atoms with Crippen LogP contribution in [0.2, 0.25) is 0 Å². The van der Waals surface area contributed by atoms with Crippen molar-refractivity contribution in [2.45, 2.75) is 52.5 Å². The highest BCUT2D eigenvalue weighted by atomic mass is 32.1. The first-order valence-electron chi connectivity index (χ1n) is 8.61. The standard InChI is InChI=1S/C18H23N3O2S/c1-3-14-10-15-17(24-14)19-12-20(18(15)23)11-16(22)21(4-2)13-8-6-5-7-9-13/h8,10,12H,3-7,9,11H2,1-2H3. The third kappa shape index (κ3) is 3.29. The van der Waals surface area contributed by atoms with Gasteiger partial charge in [0.05, 0.1) is 11.7 Å². The van der Waals surface area contributed by atoms with Crippen LogP contribution >= 0.6 is 11.3 Å². The Morgan fingerprint density at radius 1 is 1.38 bits per heavy atom. The van der Waals surface area contributed by atoms with E-state index in [0.717, 1.165) is 41.1 Å². The predicted octanol–water partition coefficient (Wildman–Crippen LogP) is 3.33. The summed E-state index contributed by atoms with van der Waals surface area (Å²) in [6, 6.07) is 1.90. The summed E-state index contributed by atoms with van der Waals surface area (Å²) in [5, 5.41) is 0.618. The molecule has 2 aromatic rings. The van der Waals surface area contributed by atoms with Gasteiger partial charge in [0.2, 0.25) is 5.91 Å². The maximum Gasteiger partial charge on any atom is 0.262 e. The van der Waals surface area contributed by atoms with Gasteiger partial charge in [-0.1, -0.05) is 13.0 Å². The van der Waals surface area contributed by atoms with Gasteiger partial charge in [-0.25, -0.2) is 4.98 Å². The Kier molecular flexibility index (Phi) is 5.14. The zero-order chi connectivity index (χ0) is 17.1. The van der Waals surface area contributed by atoms with Crippen molar-refractivity contribution in [2.24, 2.45) is 0 Å². The van der Waals surface area contributed by atoms with Gasteiger partial charge in [-0.15, -0.1) is 11.3 Å². The fourth-order valence-corrected chi connectivity index (χ4v) is 4.06. The average molecular weight is 345 g/mol. The smallest absolute Gasteiger partial charge is 0.262 e. The van der Waals surface area contributed by atoms with Gasteiger partial charge in [-0.3, -0.25) is 14.2 Å². The molecule has 0 atom stereocenters. The van der Waals surface area contributed by atoms with Crippen LogP contribution in [0.25, 0.3) is 10.2 Å². The number of amides is 1. The third-order valence-electron chi connectivity index (χ3n) is 4.45. The average Bonchev–Trinajstić information content (AvgIpc) is 3.03. The van der Waals surface area contributed by atoms with Crippen molar-refractivity contribution >= 4 is 27.5 Å². The minimum atomic E-state index is -0.127. The monoisotopic (exact) mass is 345 g/mol. The number of thiophene rings is 1. The van der Waals surface area contributed by atoms with Crippen molar-refractivity contribution < 1.29 is 4.79 Å². The molecule has 5 nitrogen and oxygen atoms in total. The number of carbonyl (C=O) groups is 1. The molecular formula is C18H23N3O2S. The van der Waals surface area contributed by atoms with Crippen LogP contribution in [0.3, 0.4) is 0 Å². The maximum atomic E-state index is 12.7. The lowest BCUT2D eigenvalue weighted by molar-refractivity contribution is -0.130. The number of aryl methyl sites for hydroxylation is 1. The first-order valence-corrected chi connectivity index (χ1v) is 9.43. The summed E-state index contributed by atoms with van der Waals surface area (Å²) in [5.74, 6) is -0.0418. The van der Waals surface area contributed by atoms with Crippen LogP contribution in [0.1, 0.15) is 44.4 Å². The Morgan fingerprint density at radius 2 is 2.21 bits per heavy atom. The summed E-state index contributed by atoms with van der Waals surface area (Å²) in [7, 11) is 0. The van der Waals surface area contributed by atoms with Crippen LogP contribution in [-0.4, -0.2) is 26.9 Å². The van der Waals surface area contributed by atoms with Gasteiger partial charge in [-0.05, 0) is 45.1 Å². The number of carbonyl (C=O) groups excluding carboxylic acids is 1. The second-order valence-corrected chi connectivity index (χ2v) is 7.16. The predicted molar refractivity (Wildman–Crippen MR) is 97.2 cm³/mol. The van der Waals surface area contributed by atoms with Crippen molar-refractivity contribution in [3.8, 4) is 0 Å². The van der Waals surface area contributed by atoms with E-state index in [1.165, 1.54) is 17.3 Å². The second kappa shape index (κ2) is 7.30. The highest BCUT2D eigenvalue weighted by Gasteiger charge is 2.19. The zero-order valence-corrected chi connectivity index (χ0v) is 15.1. The molecule has 0 aliphatic heterocycles. The van der Waals surface area contributed by atoms with Crippen molar-refractivity contribution in [1.82, 2.24) is 14.5 Å². The molecule has 0 radical (unpaired) electrons. The van der Waals surface area contributed by atoms with E-state index in [0.29, 0.717) is 11.9 Å². The summed E-state index contributed by atoms with van der Waals surface area (Å²) in [6.07, 6.45) is 8.82. The van der Waals surface area contributed by atoms with Crippen LogP contribution in [0.5, 0.6) is 0 Å². The second-order valence-electron chi connectivity index (χ2n) is 6.04. The summed E-state index contributed by atoms with van der Waals surface area (Å²) >= 11 is 1.54. The molecular weight excluding hydrogens is 322 g/mol. The summed E-state index contributed by atoms with van der Waals surface area (Å²) in [4.78, 5) is 33.4. The first-order chi connectivity index (χ1) is 11.6. The molecule has 1 aliphatic carbocycles. The molecule has 6 heteroatoms. The van der Waals surface area contributed by atoms with E-state index < -0.39 is 0 Å². The topological polar surface area (TPSA) is 55.2 Å². The number of hydrogen-bond donors (Lipinski definition) is 0. The minimum absolute atomic E-state index is 0.0418. The maximum absolute atomic E-state index is 12.7. The molecule has 1 amide bonds. The van der Waals surface area contributed by atoms with Crippen molar-refractivity contribution in [3.05, 3.63) is 39.4 Å². The Hall–Kier alpha value is -1.95. The zero-order valence-electron chi connectivity index (χ0n) is 14.2. The molecule has 0 saturated heterocycles. The molecule has 1 aliphatic rings. The number of likely N-dealkylation sites (N-methyl/N-ethyl adjacent to an activating group) is 1. The molecule has 0 unspecified atom stereocenters. The first kappa shape index (κ1) is 16.9. The van der Waals surface area contributed by atoms with E-state index in [2.05, 4.69) is 18.0 Å². The van der Waals surface area contributed by atoms with E-state index in [9.17, 15) is 9.59 Å². The van der Waals surface area contributed by atoms with Gasteiger partial charge in [0.15, 0.2) is 0 Å². The number of hydrogen-bond acceptors (Lipinski definition) is 4. The molecule has 2 aromatic heterocycles. The Bertz CT molecular complexity index is 834. The van der Waals surface area contributed by atoms with Gasteiger partial charge < -0.3 is 4.90 Å². The van der Waals surface area contributed by atoms with Crippen LogP contribution in [0.4, 0.5) is 0 Å². The largest absolute Gasteiger partial charge is 0.315 e. The minimum Gasteiger partial charge on any atom is -0.315 e. The Morgan fingerprint density at radius 3 is 2.88 bits per heavy atom. The van der Waals surface area contributed by atoms with Gasteiger partial charge in [0.1, 0.15) is 11.4 Å². The fourth-order valence-electron chi connectivity index (χ4n) is 3.13. The Labute approximate surface area is 145 Å². The van der Waals surface area contributed by atoms with Crippen molar-refractivity contribution in [1.29, 1.82) is 0 Å². The summed E-state index contributed by atoms with van der Waals surface area (Å²) in [6.45, 7) is 4.71. The van der Waals surface area contributed by atoms with E-state index in [4.69, 9.17) is 0 Å². The van der Waals surface area contributed by atoms with E-state index in [1.807, 2.05) is 13.0 Å². The summed E-state index contributed by atoms with van der Waals surface area (Å²) < 4.78 is 1.43. The quantitative estimate of drug-likeness (QED) is 0.835. The molecule has 2 heterocycles. The number of allylic oxidation sites excluding steroid dienone is 2. The van der Waals surface area contributed by atoms with Crippen LogP contribution < -0.4 is 5.56 Å². The normalized spacial score (nSPS) is 14.7. The molecule has 0 saturated carbocycles. The molecule has 0 N–H and O–H groups in total. The molecule has 0 bridgehead atoms. The van der Waals surface area contributed by atoms with Crippen molar-refractivity contribution in [2.75, 3.05) is 6.54 Å². The third-order valence-corrected chi connectivity index (χ3v) is 5.64. The molecule has 24 heavy (non-hydrogen) atoms. The molecule has 0 spiro atoms. The number of nitrogens with zero attached hydrogens (tertiary/aromatic N) is 3. The SMILES string of the molecule is CCc1cc2c(=O)n(CC(=O)N(CC)C3=CCCCC3)cnc2s1. The van der Waals surface area contributed by atoms with Gasteiger partial charge in [0.25, 0.3) is 5.56 Å². The number of fused-ring (bicyclic) bond motifs is 1. The molecule has 0 aromatic carbocycles. The fraction of sp³-hybridized carbons (Fsp3) is 0.500. The van der Waals surface area contributed by atoms with E-state index >= 15 is 0 Å². The van der Waals surface area contributed by atoms with Gasteiger partial charge in [0, 0.05) is 17.1 Å². The Balaban J connectivity index is 1.85. The number of rotatable bonds is 5.